The molecule has 44 heavy (non-hydrogen) atoms. The number of aromatic nitrogens is 2. The SMILES string of the molecule is Cc1ccc(S(=O)(=O)N[C@@H](Cc2cn(-c3ccc([N+](=O)[O-])cc3[N+](=O)[O-])cn2)C(=O)NCc2ccccc2)c2ccccc12. The van der Waals surface area contributed by atoms with E-state index in [1.165, 1.54) is 29.2 Å². The maximum atomic E-state index is 13.7. The summed E-state index contributed by atoms with van der Waals surface area (Å²) in [7, 11) is -4.23. The Balaban J connectivity index is 1.47. The molecule has 0 saturated carbocycles. The standard InChI is InChI=1S/C30H26N6O7S/c1-20-11-14-29(25-10-6-5-9-24(20)25)44(42,43)33-26(30(37)31-17-21-7-3-2-4-8-21)15-22-18-34(19-32-22)27-13-12-23(35(38)39)16-28(27)36(40)41/h2-14,16,18-19,26,33H,15,17H2,1H3,(H,31,37)/t26-/m0/s1. The van der Waals surface area contributed by atoms with Crippen molar-refractivity contribution in [3.8, 4) is 5.69 Å². The van der Waals surface area contributed by atoms with Gasteiger partial charge in [-0.2, -0.15) is 4.72 Å². The number of amides is 1. The van der Waals surface area contributed by atoms with Crippen molar-refractivity contribution in [1.29, 1.82) is 0 Å². The highest BCUT2D eigenvalue weighted by Crippen LogP contribution is 2.29. The van der Waals surface area contributed by atoms with Gasteiger partial charge in [-0.25, -0.2) is 13.4 Å². The van der Waals surface area contributed by atoms with E-state index in [1.54, 1.807) is 18.2 Å². The molecule has 4 aromatic carbocycles. The number of carbonyl (C=O) groups excluding carboxylic acids is 1. The van der Waals surface area contributed by atoms with Gasteiger partial charge in [-0.05, 0) is 35.6 Å². The number of non-ortho nitro benzene ring substituents is 1. The van der Waals surface area contributed by atoms with Gasteiger partial charge in [-0.3, -0.25) is 29.6 Å². The van der Waals surface area contributed by atoms with E-state index in [9.17, 15) is 33.4 Å². The normalized spacial score (nSPS) is 12.1. The zero-order valence-corrected chi connectivity index (χ0v) is 24.1. The first-order chi connectivity index (χ1) is 21.0. The van der Waals surface area contributed by atoms with Crippen LogP contribution in [0.15, 0.2) is 102 Å². The highest BCUT2D eigenvalue weighted by molar-refractivity contribution is 7.89. The minimum atomic E-state index is -4.23. The highest BCUT2D eigenvalue weighted by Gasteiger charge is 2.29. The Bertz CT molecular complexity index is 1990. The first-order valence-electron chi connectivity index (χ1n) is 13.3. The minimum Gasteiger partial charge on any atom is -0.351 e. The third-order valence-corrected chi connectivity index (χ3v) is 8.54. The molecule has 5 aromatic rings. The van der Waals surface area contributed by atoms with Crippen LogP contribution in [-0.2, 0) is 27.8 Å². The molecule has 1 atom stereocenters. The molecule has 0 spiro atoms. The second-order valence-corrected chi connectivity index (χ2v) is 11.6. The second-order valence-electron chi connectivity index (χ2n) is 9.97. The molecular weight excluding hydrogens is 588 g/mol. The summed E-state index contributed by atoms with van der Waals surface area (Å²) < 4.78 is 31.3. The number of imidazole rings is 1. The van der Waals surface area contributed by atoms with Gasteiger partial charge in [-0.15, -0.1) is 0 Å². The van der Waals surface area contributed by atoms with Crippen molar-refractivity contribution < 1.29 is 23.1 Å². The molecule has 0 aliphatic rings. The predicted molar refractivity (Wildman–Crippen MR) is 162 cm³/mol. The fourth-order valence-electron chi connectivity index (χ4n) is 4.80. The van der Waals surface area contributed by atoms with Gasteiger partial charge < -0.3 is 5.32 Å². The smallest absolute Gasteiger partial charge is 0.300 e. The van der Waals surface area contributed by atoms with Gasteiger partial charge in [0.2, 0.25) is 15.9 Å². The summed E-state index contributed by atoms with van der Waals surface area (Å²) in [6.45, 7) is 2.02. The Kier molecular flexibility index (Phi) is 8.46. The lowest BCUT2D eigenvalue weighted by Gasteiger charge is -2.19. The number of sulfonamides is 1. The van der Waals surface area contributed by atoms with Gasteiger partial charge in [0.15, 0.2) is 0 Å². The summed E-state index contributed by atoms with van der Waals surface area (Å²) in [5, 5.41) is 26.8. The highest BCUT2D eigenvalue weighted by atomic mass is 32.2. The molecule has 0 bridgehead atoms. The van der Waals surface area contributed by atoms with Crippen LogP contribution in [0.3, 0.4) is 0 Å². The summed E-state index contributed by atoms with van der Waals surface area (Å²) in [6.07, 6.45) is 2.46. The Morgan fingerprint density at radius 1 is 0.932 bits per heavy atom. The third kappa shape index (κ3) is 6.45. The lowest BCUT2D eigenvalue weighted by molar-refractivity contribution is -0.394. The molecule has 224 valence electrons. The van der Waals surface area contributed by atoms with Gasteiger partial charge in [0.05, 0.1) is 32.8 Å². The Labute approximate surface area is 251 Å². The first-order valence-corrected chi connectivity index (χ1v) is 14.8. The zero-order chi connectivity index (χ0) is 31.4. The maximum absolute atomic E-state index is 13.7. The number of hydrogen-bond acceptors (Lipinski definition) is 8. The fraction of sp³-hybridized carbons (Fsp3) is 0.133. The van der Waals surface area contributed by atoms with Crippen LogP contribution in [0.25, 0.3) is 16.5 Å². The Hall–Kier alpha value is -5.47. The number of rotatable bonds is 11. The van der Waals surface area contributed by atoms with Crippen LogP contribution in [-0.4, -0.2) is 39.8 Å². The van der Waals surface area contributed by atoms with Crippen molar-refractivity contribution >= 4 is 38.1 Å². The van der Waals surface area contributed by atoms with Crippen LogP contribution in [0.5, 0.6) is 0 Å². The zero-order valence-electron chi connectivity index (χ0n) is 23.3. The van der Waals surface area contributed by atoms with Crippen LogP contribution in [0.2, 0.25) is 0 Å². The lowest BCUT2D eigenvalue weighted by atomic mass is 10.1. The van der Waals surface area contributed by atoms with Crippen LogP contribution in [0.4, 0.5) is 11.4 Å². The van der Waals surface area contributed by atoms with E-state index in [0.717, 1.165) is 28.6 Å². The van der Waals surface area contributed by atoms with Gasteiger partial charge >= 0.3 is 0 Å². The molecule has 1 aromatic heterocycles. The van der Waals surface area contributed by atoms with E-state index < -0.39 is 43.2 Å². The molecule has 0 aliphatic carbocycles. The van der Waals surface area contributed by atoms with Crippen LogP contribution >= 0.6 is 0 Å². The largest absolute Gasteiger partial charge is 0.351 e. The molecule has 13 nitrogen and oxygen atoms in total. The number of nitro benzene ring substituents is 2. The molecule has 0 saturated heterocycles. The quantitative estimate of drug-likeness (QED) is 0.163. The summed E-state index contributed by atoms with van der Waals surface area (Å²) >= 11 is 0. The second kappa shape index (κ2) is 12.4. The molecule has 2 N–H and O–H groups in total. The van der Waals surface area contributed by atoms with Crippen molar-refractivity contribution in [3.63, 3.8) is 0 Å². The molecule has 14 heteroatoms. The third-order valence-electron chi connectivity index (χ3n) is 7.01. The first kappa shape index (κ1) is 30.0. The number of fused-ring (bicyclic) bond motifs is 1. The molecule has 1 heterocycles. The van der Waals surface area contributed by atoms with Crippen molar-refractivity contribution in [2.75, 3.05) is 0 Å². The molecule has 0 aliphatic heterocycles. The van der Waals surface area contributed by atoms with Crippen molar-refractivity contribution in [3.05, 3.63) is 135 Å². The molecular formula is C30H26N6O7S. The average Bonchev–Trinajstić information content (AvgIpc) is 3.48. The summed E-state index contributed by atoms with van der Waals surface area (Å²) in [5.74, 6) is -0.607. The number of carbonyl (C=O) groups is 1. The minimum absolute atomic E-state index is 0.00610. The number of benzene rings is 4. The average molecular weight is 615 g/mol. The van der Waals surface area contributed by atoms with Gasteiger partial charge in [-0.1, -0.05) is 60.7 Å². The van der Waals surface area contributed by atoms with Crippen molar-refractivity contribution in [1.82, 2.24) is 19.6 Å². The summed E-state index contributed by atoms with van der Waals surface area (Å²) in [5.41, 5.74) is 0.982. The number of hydrogen-bond donors (Lipinski definition) is 2. The number of nitrogens with zero attached hydrogens (tertiary/aromatic N) is 4. The maximum Gasteiger partial charge on any atom is 0.300 e. The molecule has 0 radical (unpaired) electrons. The van der Waals surface area contributed by atoms with Crippen LogP contribution in [0.1, 0.15) is 16.8 Å². The number of nitrogens with one attached hydrogen (secondary N) is 2. The van der Waals surface area contributed by atoms with Gasteiger partial charge in [0.25, 0.3) is 11.4 Å². The molecule has 0 unspecified atom stereocenters. The van der Waals surface area contributed by atoms with Gasteiger partial charge in [0.1, 0.15) is 11.7 Å². The van der Waals surface area contributed by atoms with E-state index in [0.29, 0.717) is 5.39 Å². The lowest BCUT2D eigenvalue weighted by Crippen LogP contribution is -2.47. The van der Waals surface area contributed by atoms with Crippen LogP contribution < -0.4 is 10.0 Å². The van der Waals surface area contributed by atoms with E-state index in [2.05, 4.69) is 15.0 Å². The van der Waals surface area contributed by atoms with Gasteiger partial charge in [0, 0.05) is 30.6 Å². The molecule has 5 rings (SSSR count). The Morgan fingerprint density at radius 3 is 2.34 bits per heavy atom. The number of nitro groups is 2. The number of aryl methyl sites for hydroxylation is 1. The molecule has 0 fully saturated rings. The van der Waals surface area contributed by atoms with E-state index >= 15 is 0 Å². The van der Waals surface area contributed by atoms with Crippen molar-refractivity contribution in [2.45, 2.75) is 30.8 Å². The molecule has 1 amide bonds. The van der Waals surface area contributed by atoms with E-state index in [1.807, 2.05) is 49.4 Å². The van der Waals surface area contributed by atoms with Crippen LogP contribution in [0, 0.1) is 27.2 Å². The fourth-order valence-corrected chi connectivity index (χ4v) is 6.21. The van der Waals surface area contributed by atoms with Crippen molar-refractivity contribution in [2.24, 2.45) is 0 Å². The van der Waals surface area contributed by atoms with E-state index in [4.69, 9.17) is 0 Å². The summed E-state index contributed by atoms with van der Waals surface area (Å²) in [6, 6.07) is 21.2. The Morgan fingerprint density at radius 2 is 1.64 bits per heavy atom. The predicted octanol–water partition coefficient (Wildman–Crippen LogP) is 4.36. The van der Waals surface area contributed by atoms with E-state index in [-0.39, 0.29) is 29.2 Å². The summed E-state index contributed by atoms with van der Waals surface area (Å²) in [4.78, 5) is 39.0. The monoisotopic (exact) mass is 614 g/mol. The topological polar surface area (TPSA) is 179 Å².